The highest BCUT2D eigenvalue weighted by Crippen LogP contribution is 2.37. The Bertz CT molecular complexity index is 1190. The van der Waals surface area contributed by atoms with Gasteiger partial charge in [0.2, 0.25) is 0 Å². The van der Waals surface area contributed by atoms with Crippen LogP contribution in [0, 0.1) is 0 Å². The fourth-order valence-electron chi connectivity index (χ4n) is 3.47. The van der Waals surface area contributed by atoms with Crippen molar-refractivity contribution in [2.75, 3.05) is 0 Å². The number of aromatic carboxylic acids is 1. The van der Waals surface area contributed by atoms with Crippen LogP contribution in [0.4, 0.5) is 0 Å². The molecule has 1 heterocycles. The number of nitrogens with zero attached hydrogens (tertiary/aromatic N) is 2. The monoisotopic (exact) mass is 392 g/mol. The largest absolute Gasteiger partial charge is 0.478 e. The highest BCUT2D eigenvalue weighted by Gasteiger charge is 2.38. The van der Waals surface area contributed by atoms with Crippen LogP contribution < -0.4 is 0 Å². The van der Waals surface area contributed by atoms with E-state index in [2.05, 4.69) is 4.98 Å². The van der Waals surface area contributed by atoms with E-state index < -0.39 is 11.6 Å². The van der Waals surface area contributed by atoms with Gasteiger partial charge in [0.1, 0.15) is 0 Å². The van der Waals surface area contributed by atoms with Gasteiger partial charge in [0, 0.05) is 12.1 Å². The van der Waals surface area contributed by atoms with Crippen molar-refractivity contribution in [2.45, 2.75) is 5.60 Å². The lowest BCUT2D eigenvalue weighted by Crippen LogP contribution is -2.32. The summed E-state index contributed by atoms with van der Waals surface area (Å²) in [4.78, 5) is 16.1. The minimum atomic E-state index is -1.65. The van der Waals surface area contributed by atoms with E-state index in [-0.39, 0.29) is 5.56 Å². The Kier molecular flexibility index (Phi) is 4.41. The molecule has 0 bridgehead atoms. The first-order valence-electron chi connectivity index (χ1n) is 8.65. The molecule has 0 radical (unpaired) electrons. The second kappa shape index (κ2) is 6.78. The smallest absolute Gasteiger partial charge is 0.335 e. The third-order valence-corrected chi connectivity index (χ3v) is 5.12. The summed E-state index contributed by atoms with van der Waals surface area (Å²) in [6.07, 6.45) is 0. The highest BCUT2D eigenvalue weighted by atomic mass is 35.5. The molecule has 5 nitrogen and oxygen atoms in total. The molecule has 140 valence electrons. The summed E-state index contributed by atoms with van der Waals surface area (Å²) in [5, 5.41) is 21.9. The normalized spacial score (nSPS) is 13.4. The second-order valence-corrected chi connectivity index (χ2v) is 7.03. The molecule has 28 heavy (non-hydrogen) atoms. The highest BCUT2D eigenvalue weighted by molar-refractivity contribution is 6.31. The van der Waals surface area contributed by atoms with E-state index in [1.165, 1.54) is 12.1 Å². The van der Waals surface area contributed by atoms with Crippen LogP contribution in [0.1, 0.15) is 27.3 Å². The molecular weight excluding hydrogens is 376 g/mol. The molecule has 1 aromatic heterocycles. The van der Waals surface area contributed by atoms with Crippen molar-refractivity contribution in [3.63, 3.8) is 0 Å². The maximum absolute atomic E-state index is 12.0. The van der Waals surface area contributed by atoms with Crippen LogP contribution >= 0.6 is 11.6 Å². The van der Waals surface area contributed by atoms with Crippen molar-refractivity contribution < 1.29 is 15.0 Å². The first-order valence-corrected chi connectivity index (χ1v) is 9.03. The zero-order valence-electron chi connectivity index (χ0n) is 15.0. The fraction of sp³-hybridized carbons (Fsp3) is 0.0909. The van der Waals surface area contributed by atoms with Crippen LogP contribution in [0.15, 0.2) is 72.8 Å². The van der Waals surface area contributed by atoms with Gasteiger partial charge in [-0.1, -0.05) is 54.1 Å². The van der Waals surface area contributed by atoms with E-state index in [1.807, 2.05) is 18.2 Å². The molecule has 3 aromatic carbocycles. The molecule has 0 aliphatic heterocycles. The number of carbonyl (C=O) groups is 1. The number of carboxylic acid groups (broad SMARTS) is 1. The summed E-state index contributed by atoms with van der Waals surface area (Å²) in [7, 11) is 1.80. The van der Waals surface area contributed by atoms with Crippen LogP contribution in [0.3, 0.4) is 0 Å². The number of fused-ring (bicyclic) bond motifs is 1. The number of aryl methyl sites for hydroxylation is 1. The summed E-state index contributed by atoms with van der Waals surface area (Å²) >= 11 is 6.13. The minimum absolute atomic E-state index is 0.0914. The third-order valence-electron chi connectivity index (χ3n) is 4.89. The van der Waals surface area contributed by atoms with E-state index >= 15 is 0 Å². The molecule has 0 fully saturated rings. The Hall–Kier alpha value is -3.15. The van der Waals surface area contributed by atoms with Crippen molar-refractivity contribution >= 4 is 28.6 Å². The summed E-state index contributed by atoms with van der Waals surface area (Å²) in [6.45, 7) is 0. The van der Waals surface area contributed by atoms with E-state index in [0.717, 1.165) is 5.52 Å². The first-order chi connectivity index (χ1) is 13.4. The van der Waals surface area contributed by atoms with Gasteiger partial charge in [-0.3, -0.25) is 0 Å². The number of aliphatic hydroxyl groups is 1. The molecule has 0 saturated heterocycles. The Labute approximate surface area is 166 Å². The summed E-state index contributed by atoms with van der Waals surface area (Å²) < 4.78 is 1.78. The number of halogens is 1. The van der Waals surface area contributed by atoms with Crippen LogP contribution in [-0.2, 0) is 12.6 Å². The molecule has 1 unspecified atom stereocenters. The molecule has 0 aliphatic rings. The predicted molar refractivity (Wildman–Crippen MR) is 108 cm³/mol. The number of carboxylic acids is 1. The number of hydrogen-bond acceptors (Lipinski definition) is 3. The average molecular weight is 393 g/mol. The van der Waals surface area contributed by atoms with Crippen molar-refractivity contribution in [1.82, 2.24) is 9.55 Å². The molecule has 0 spiro atoms. The van der Waals surface area contributed by atoms with Crippen molar-refractivity contribution in [3.05, 3.63) is 100 Å². The SMILES string of the molecule is Cn1c(C(O)(c2ccccc2)c2cccc(C(=O)O)c2)nc2ccc(Cl)cc21. The maximum atomic E-state index is 12.0. The number of aromatic nitrogens is 2. The van der Waals surface area contributed by atoms with E-state index in [4.69, 9.17) is 11.6 Å². The molecule has 0 amide bonds. The third kappa shape index (κ3) is 2.85. The lowest BCUT2D eigenvalue weighted by atomic mass is 9.84. The topological polar surface area (TPSA) is 75.4 Å². The molecule has 4 rings (SSSR count). The maximum Gasteiger partial charge on any atom is 0.335 e. The Balaban J connectivity index is 2.04. The summed E-state index contributed by atoms with van der Waals surface area (Å²) in [5.74, 6) is -0.687. The van der Waals surface area contributed by atoms with Crippen LogP contribution in [0.2, 0.25) is 5.02 Å². The van der Waals surface area contributed by atoms with Crippen molar-refractivity contribution in [3.8, 4) is 0 Å². The van der Waals surface area contributed by atoms with Gasteiger partial charge in [-0.05, 0) is 41.5 Å². The molecule has 1 atom stereocenters. The molecule has 2 N–H and O–H groups in total. The summed E-state index contributed by atoms with van der Waals surface area (Å²) in [5.41, 5.74) is 0.906. The first kappa shape index (κ1) is 18.2. The Morgan fingerprint density at radius 2 is 1.71 bits per heavy atom. The second-order valence-electron chi connectivity index (χ2n) is 6.59. The van der Waals surface area contributed by atoms with Gasteiger partial charge >= 0.3 is 5.97 Å². The van der Waals surface area contributed by atoms with Gasteiger partial charge < -0.3 is 14.8 Å². The van der Waals surface area contributed by atoms with Crippen molar-refractivity contribution in [1.29, 1.82) is 0 Å². The molecule has 6 heteroatoms. The lowest BCUT2D eigenvalue weighted by Gasteiger charge is -2.29. The minimum Gasteiger partial charge on any atom is -0.478 e. The van der Waals surface area contributed by atoms with Gasteiger partial charge in [-0.2, -0.15) is 0 Å². The number of hydrogen-bond donors (Lipinski definition) is 2. The predicted octanol–water partition coefficient (Wildman–Crippen LogP) is 4.21. The van der Waals surface area contributed by atoms with E-state index in [0.29, 0.717) is 27.5 Å². The number of rotatable bonds is 4. The van der Waals surface area contributed by atoms with E-state index in [9.17, 15) is 15.0 Å². The number of imidazole rings is 1. The fourth-order valence-corrected chi connectivity index (χ4v) is 3.63. The standard InChI is InChI=1S/C22H17ClN2O3/c1-25-19-13-17(23)10-11-18(19)24-21(25)22(28,15-7-3-2-4-8-15)16-9-5-6-14(12-16)20(26)27/h2-13,28H,1H3,(H,26,27). The zero-order chi connectivity index (χ0) is 19.9. The van der Waals surface area contributed by atoms with Gasteiger partial charge in [0.25, 0.3) is 0 Å². The molecule has 4 aromatic rings. The molecule has 0 saturated carbocycles. The number of benzene rings is 3. The van der Waals surface area contributed by atoms with Gasteiger partial charge in [0.15, 0.2) is 11.4 Å². The van der Waals surface area contributed by atoms with Gasteiger partial charge in [-0.25, -0.2) is 9.78 Å². The Morgan fingerprint density at radius 1 is 1.00 bits per heavy atom. The van der Waals surface area contributed by atoms with E-state index in [1.54, 1.807) is 54.1 Å². The Morgan fingerprint density at radius 3 is 2.43 bits per heavy atom. The summed E-state index contributed by atoms with van der Waals surface area (Å²) in [6, 6.07) is 20.7. The van der Waals surface area contributed by atoms with Crippen LogP contribution in [-0.4, -0.2) is 25.7 Å². The van der Waals surface area contributed by atoms with Crippen molar-refractivity contribution in [2.24, 2.45) is 7.05 Å². The quantitative estimate of drug-likeness (QED) is 0.545. The van der Waals surface area contributed by atoms with Crippen LogP contribution in [0.25, 0.3) is 11.0 Å². The van der Waals surface area contributed by atoms with Gasteiger partial charge in [-0.15, -0.1) is 0 Å². The molecular formula is C22H17ClN2O3. The average Bonchev–Trinajstić information content (AvgIpc) is 3.04. The molecule has 0 aliphatic carbocycles. The zero-order valence-corrected chi connectivity index (χ0v) is 15.8. The lowest BCUT2D eigenvalue weighted by molar-refractivity contribution is 0.0696. The van der Waals surface area contributed by atoms with Gasteiger partial charge in [0.05, 0.1) is 16.6 Å². The van der Waals surface area contributed by atoms with Crippen LogP contribution in [0.5, 0.6) is 0 Å².